The fraction of sp³-hybridized carbons (Fsp3) is 0.684. The standard InChI is InChI=1S/C19H28Cl2N6O/c20-15-9-22-26(11-15)17-1-5-24(6-2-17)13-19(28)14-25-7-3-18(4-8-25)27-12-16(21)10-23-27/h9-12,17-19,28H,1-8,13-14H2. The SMILES string of the molecule is OC(CN1CCC(n2cc(Cl)cn2)CC1)CN1CCC(n2cc(Cl)cn2)CC1. The fourth-order valence-corrected chi connectivity index (χ4v) is 4.70. The maximum Gasteiger partial charge on any atom is 0.0793 e. The smallest absolute Gasteiger partial charge is 0.0793 e. The molecule has 2 fully saturated rings. The minimum atomic E-state index is -0.314. The second-order valence-corrected chi connectivity index (χ2v) is 8.87. The van der Waals surface area contributed by atoms with Gasteiger partial charge in [-0.05, 0) is 25.7 Å². The average Bonchev–Trinajstić information content (AvgIpc) is 3.31. The summed E-state index contributed by atoms with van der Waals surface area (Å²) in [6, 6.07) is 0.825. The number of aliphatic hydroxyl groups is 1. The van der Waals surface area contributed by atoms with Crippen LogP contribution in [0.2, 0.25) is 10.0 Å². The third-order valence-corrected chi connectivity index (χ3v) is 6.33. The lowest BCUT2D eigenvalue weighted by molar-refractivity contribution is 0.0494. The van der Waals surface area contributed by atoms with Gasteiger partial charge in [-0.25, -0.2) is 0 Å². The summed E-state index contributed by atoms with van der Waals surface area (Å²) in [6.07, 6.45) is 11.1. The summed E-state index contributed by atoms with van der Waals surface area (Å²) in [5, 5.41) is 20.6. The predicted molar refractivity (Wildman–Crippen MR) is 110 cm³/mol. The summed E-state index contributed by atoms with van der Waals surface area (Å²) in [7, 11) is 0. The number of piperidine rings is 2. The summed E-state index contributed by atoms with van der Waals surface area (Å²) in [4.78, 5) is 4.73. The molecule has 2 aliphatic heterocycles. The minimum absolute atomic E-state index is 0.314. The molecule has 0 aromatic carbocycles. The Kier molecular flexibility index (Phi) is 6.58. The molecule has 9 heteroatoms. The quantitative estimate of drug-likeness (QED) is 0.768. The number of aromatic nitrogens is 4. The van der Waals surface area contributed by atoms with E-state index in [0.717, 1.165) is 65.0 Å². The van der Waals surface area contributed by atoms with Crippen LogP contribution < -0.4 is 0 Å². The van der Waals surface area contributed by atoms with Crippen LogP contribution in [0, 0.1) is 0 Å². The first kappa shape index (κ1) is 20.2. The van der Waals surface area contributed by atoms with Crippen LogP contribution in [0.5, 0.6) is 0 Å². The Bertz CT molecular complexity index is 687. The van der Waals surface area contributed by atoms with E-state index in [1.165, 1.54) is 0 Å². The monoisotopic (exact) mass is 426 g/mol. The number of rotatable bonds is 6. The highest BCUT2D eigenvalue weighted by atomic mass is 35.5. The van der Waals surface area contributed by atoms with Crippen LogP contribution in [0.3, 0.4) is 0 Å². The Balaban J connectivity index is 1.17. The van der Waals surface area contributed by atoms with Gasteiger partial charge in [-0.1, -0.05) is 23.2 Å². The van der Waals surface area contributed by atoms with Crippen molar-refractivity contribution < 1.29 is 5.11 Å². The molecule has 7 nitrogen and oxygen atoms in total. The number of halogens is 2. The lowest BCUT2D eigenvalue weighted by atomic mass is 10.0. The van der Waals surface area contributed by atoms with Gasteiger partial charge < -0.3 is 14.9 Å². The molecule has 0 spiro atoms. The largest absolute Gasteiger partial charge is 0.390 e. The first-order valence-electron chi connectivity index (χ1n) is 10.1. The molecule has 1 N–H and O–H groups in total. The molecule has 0 unspecified atom stereocenters. The van der Waals surface area contributed by atoms with Crippen molar-refractivity contribution >= 4 is 23.2 Å². The zero-order chi connectivity index (χ0) is 19.5. The maximum absolute atomic E-state index is 10.6. The van der Waals surface area contributed by atoms with Crippen LogP contribution in [0.4, 0.5) is 0 Å². The Morgan fingerprint density at radius 3 is 1.54 bits per heavy atom. The van der Waals surface area contributed by atoms with Gasteiger partial charge >= 0.3 is 0 Å². The summed E-state index contributed by atoms with van der Waals surface area (Å²) in [6.45, 7) is 5.42. The number of hydrogen-bond donors (Lipinski definition) is 1. The third-order valence-electron chi connectivity index (χ3n) is 5.94. The Hall–Kier alpha value is -1.12. The van der Waals surface area contributed by atoms with Crippen molar-refractivity contribution in [3.8, 4) is 0 Å². The summed E-state index contributed by atoms with van der Waals surface area (Å²) in [5.41, 5.74) is 0. The van der Waals surface area contributed by atoms with Gasteiger partial charge in [-0.3, -0.25) is 9.36 Å². The second kappa shape index (κ2) is 9.13. The lowest BCUT2D eigenvalue weighted by Crippen LogP contribution is -2.45. The van der Waals surface area contributed by atoms with Gasteiger partial charge in [-0.2, -0.15) is 10.2 Å². The van der Waals surface area contributed by atoms with Crippen molar-refractivity contribution in [2.24, 2.45) is 0 Å². The Labute approximate surface area is 175 Å². The van der Waals surface area contributed by atoms with Gasteiger partial charge in [0, 0.05) is 51.7 Å². The van der Waals surface area contributed by atoms with Crippen LogP contribution in [0.15, 0.2) is 24.8 Å². The highest BCUT2D eigenvalue weighted by molar-refractivity contribution is 6.30. The van der Waals surface area contributed by atoms with Gasteiger partial charge in [0.15, 0.2) is 0 Å². The molecule has 2 saturated heterocycles. The molecule has 0 atom stereocenters. The van der Waals surface area contributed by atoms with Gasteiger partial charge in [0.1, 0.15) is 0 Å². The van der Waals surface area contributed by atoms with Crippen LogP contribution in [-0.2, 0) is 0 Å². The fourth-order valence-electron chi connectivity index (χ4n) is 4.42. The van der Waals surface area contributed by atoms with Gasteiger partial charge in [0.2, 0.25) is 0 Å². The zero-order valence-electron chi connectivity index (χ0n) is 16.0. The predicted octanol–water partition coefficient (Wildman–Crippen LogP) is 2.72. The van der Waals surface area contributed by atoms with Crippen LogP contribution in [0.1, 0.15) is 37.8 Å². The van der Waals surface area contributed by atoms with E-state index in [-0.39, 0.29) is 6.10 Å². The van der Waals surface area contributed by atoms with Crippen molar-refractivity contribution in [1.29, 1.82) is 0 Å². The van der Waals surface area contributed by atoms with Crippen molar-refractivity contribution in [2.75, 3.05) is 39.3 Å². The first-order valence-corrected chi connectivity index (χ1v) is 10.8. The van der Waals surface area contributed by atoms with Crippen molar-refractivity contribution in [2.45, 2.75) is 43.9 Å². The van der Waals surface area contributed by atoms with Gasteiger partial charge in [-0.15, -0.1) is 0 Å². The maximum atomic E-state index is 10.6. The molecule has 4 rings (SSSR count). The molecule has 28 heavy (non-hydrogen) atoms. The van der Waals surface area contributed by atoms with Crippen LogP contribution >= 0.6 is 23.2 Å². The molecule has 0 bridgehead atoms. The summed E-state index contributed by atoms with van der Waals surface area (Å²) < 4.78 is 3.96. The molecule has 0 amide bonds. The summed E-state index contributed by atoms with van der Waals surface area (Å²) >= 11 is 11.9. The number of likely N-dealkylation sites (tertiary alicyclic amines) is 2. The molecule has 4 heterocycles. The van der Waals surface area contributed by atoms with E-state index in [2.05, 4.69) is 20.0 Å². The van der Waals surface area contributed by atoms with Gasteiger partial charge in [0.25, 0.3) is 0 Å². The summed E-state index contributed by atoms with van der Waals surface area (Å²) in [5.74, 6) is 0. The minimum Gasteiger partial charge on any atom is -0.390 e. The Morgan fingerprint density at radius 2 is 1.21 bits per heavy atom. The van der Waals surface area contributed by atoms with Gasteiger partial charge in [0.05, 0.1) is 40.6 Å². The van der Waals surface area contributed by atoms with E-state index in [4.69, 9.17) is 23.2 Å². The molecular formula is C19H28Cl2N6O. The molecule has 2 aromatic rings. The molecule has 2 aliphatic rings. The highest BCUT2D eigenvalue weighted by Crippen LogP contribution is 2.25. The van der Waals surface area contributed by atoms with E-state index in [1.54, 1.807) is 12.4 Å². The molecule has 154 valence electrons. The van der Waals surface area contributed by atoms with Crippen molar-refractivity contribution in [3.63, 3.8) is 0 Å². The molecule has 2 aromatic heterocycles. The highest BCUT2D eigenvalue weighted by Gasteiger charge is 2.25. The second-order valence-electron chi connectivity index (χ2n) is 7.99. The molecule has 0 saturated carbocycles. The zero-order valence-corrected chi connectivity index (χ0v) is 17.5. The van der Waals surface area contributed by atoms with E-state index in [1.807, 2.05) is 21.8 Å². The molecule has 0 radical (unpaired) electrons. The lowest BCUT2D eigenvalue weighted by Gasteiger charge is -2.36. The Morgan fingerprint density at radius 1 is 0.821 bits per heavy atom. The normalized spacial score (nSPS) is 21.0. The number of β-amino-alcohol motifs (C(OH)–C–C–N with tert-alkyl or cyclic N) is 1. The topological polar surface area (TPSA) is 62.4 Å². The van der Waals surface area contributed by atoms with E-state index in [9.17, 15) is 5.11 Å². The average molecular weight is 427 g/mol. The van der Waals surface area contributed by atoms with Crippen molar-refractivity contribution in [3.05, 3.63) is 34.8 Å². The van der Waals surface area contributed by atoms with Crippen molar-refractivity contribution in [1.82, 2.24) is 29.4 Å². The van der Waals surface area contributed by atoms with Crippen LogP contribution in [0.25, 0.3) is 0 Å². The first-order chi connectivity index (χ1) is 13.6. The number of hydrogen-bond acceptors (Lipinski definition) is 5. The number of aliphatic hydroxyl groups excluding tert-OH is 1. The molecular weight excluding hydrogens is 399 g/mol. The van der Waals surface area contributed by atoms with E-state index >= 15 is 0 Å². The van der Waals surface area contributed by atoms with E-state index in [0.29, 0.717) is 22.1 Å². The third kappa shape index (κ3) is 5.07. The molecule has 0 aliphatic carbocycles. The number of nitrogens with zero attached hydrogens (tertiary/aromatic N) is 6. The van der Waals surface area contributed by atoms with E-state index < -0.39 is 0 Å². The van der Waals surface area contributed by atoms with Crippen LogP contribution in [-0.4, -0.2) is 79.8 Å².